The SMILES string of the molecule is CC(C)NS(=O)(=O)c1ccc(C(=O)NCCc2cc(Cl)c3c(c2)OCCO3)cc1. The molecule has 0 atom stereocenters. The highest BCUT2D eigenvalue weighted by Crippen LogP contribution is 2.38. The number of hydrogen-bond acceptors (Lipinski definition) is 5. The Morgan fingerprint density at radius 1 is 1.14 bits per heavy atom. The fraction of sp³-hybridized carbons (Fsp3) is 0.350. The minimum atomic E-state index is -3.58. The lowest BCUT2D eigenvalue weighted by molar-refractivity contribution is 0.0954. The first kappa shape index (κ1) is 21.4. The number of rotatable bonds is 7. The Bertz CT molecular complexity index is 991. The summed E-state index contributed by atoms with van der Waals surface area (Å²) in [4.78, 5) is 12.4. The standard InChI is InChI=1S/C20H23ClN2O5S/c1-13(2)23-29(25,26)16-5-3-15(4-6-16)20(24)22-8-7-14-11-17(21)19-18(12-14)27-9-10-28-19/h3-6,11-13,23H,7-10H2,1-2H3,(H,22,24). The van der Waals surface area contributed by atoms with E-state index in [2.05, 4.69) is 10.0 Å². The Hall–Kier alpha value is -2.29. The van der Waals surface area contributed by atoms with Crippen LogP contribution in [0.15, 0.2) is 41.3 Å². The van der Waals surface area contributed by atoms with E-state index in [1.54, 1.807) is 19.9 Å². The number of nitrogens with one attached hydrogen (secondary N) is 2. The minimum absolute atomic E-state index is 0.119. The summed E-state index contributed by atoms with van der Waals surface area (Å²) in [6.07, 6.45) is 0.562. The van der Waals surface area contributed by atoms with Crippen LogP contribution in [0.2, 0.25) is 5.02 Å². The van der Waals surface area contributed by atoms with Gasteiger partial charge in [0.25, 0.3) is 5.91 Å². The maximum absolute atomic E-state index is 12.3. The van der Waals surface area contributed by atoms with Crippen molar-refractivity contribution in [3.63, 3.8) is 0 Å². The molecule has 0 bridgehead atoms. The predicted octanol–water partition coefficient (Wildman–Crippen LogP) is 2.77. The van der Waals surface area contributed by atoms with E-state index in [0.717, 1.165) is 5.56 Å². The summed E-state index contributed by atoms with van der Waals surface area (Å²) in [5.41, 5.74) is 1.30. The van der Waals surface area contributed by atoms with Gasteiger partial charge in [0.15, 0.2) is 11.5 Å². The molecule has 3 rings (SSSR count). The van der Waals surface area contributed by atoms with E-state index in [1.165, 1.54) is 24.3 Å². The highest BCUT2D eigenvalue weighted by atomic mass is 35.5. The molecule has 0 spiro atoms. The molecule has 0 saturated carbocycles. The van der Waals surface area contributed by atoms with Crippen LogP contribution in [0.25, 0.3) is 0 Å². The average molecular weight is 439 g/mol. The maximum atomic E-state index is 12.3. The molecule has 0 unspecified atom stereocenters. The van der Waals surface area contributed by atoms with Crippen LogP contribution in [-0.2, 0) is 16.4 Å². The molecule has 1 aliphatic rings. The Balaban J connectivity index is 1.58. The third-order valence-electron chi connectivity index (χ3n) is 4.17. The van der Waals surface area contributed by atoms with Gasteiger partial charge in [-0.3, -0.25) is 4.79 Å². The fourth-order valence-corrected chi connectivity index (χ4v) is 4.43. The van der Waals surface area contributed by atoms with Crippen molar-refractivity contribution < 1.29 is 22.7 Å². The van der Waals surface area contributed by atoms with Crippen molar-refractivity contribution in [1.82, 2.24) is 10.0 Å². The third kappa shape index (κ3) is 5.41. The minimum Gasteiger partial charge on any atom is -0.486 e. The van der Waals surface area contributed by atoms with Gasteiger partial charge in [-0.15, -0.1) is 0 Å². The number of amides is 1. The summed E-state index contributed by atoms with van der Waals surface area (Å²) in [6.45, 7) is 4.82. The molecule has 1 amide bonds. The number of carbonyl (C=O) groups excluding carboxylic acids is 1. The van der Waals surface area contributed by atoms with E-state index in [-0.39, 0.29) is 16.8 Å². The number of ether oxygens (including phenoxy) is 2. The van der Waals surface area contributed by atoms with Gasteiger partial charge in [-0.05, 0) is 62.2 Å². The van der Waals surface area contributed by atoms with Gasteiger partial charge >= 0.3 is 0 Å². The summed E-state index contributed by atoms with van der Waals surface area (Å²) in [7, 11) is -3.58. The molecule has 0 saturated heterocycles. The largest absolute Gasteiger partial charge is 0.486 e. The lowest BCUT2D eigenvalue weighted by Gasteiger charge is -2.20. The van der Waals surface area contributed by atoms with E-state index >= 15 is 0 Å². The van der Waals surface area contributed by atoms with Gasteiger partial charge in [-0.2, -0.15) is 0 Å². The molecule has 9 heteroatoms. The van der Waals surface area contributed by atoms with Crippen LogP contribution in [-0.4, -0.2) is 40.1 Å². The number of hydrogen-bond donors (Lipinski definition) is 2. The molecule has 1 aliphatic heterocycles. The first-order valence-electron chi connectivity index (χ1n) is 9.25. The second kappa shape index (κ2) is 9.02. The molecule has 7 nitrogen and oxygen atoms in total. The van der Waals surface area contributed by atoms with E-state index in [9.17, 15) is 13.2 Å². The number of sulfonamides is 1. The molecule has 2 N–H and O–H groups in total. The highest BCUT2D eigenvalue weighted by molar-refractivity contribution is 7.89. The first-order chi connectivity index (χ1) is 13.8. The molecular formula is C20H23ClN2O5S. The van der Waals surface area contributed by atoms with Crippen molar-refractivity contribution in [2.75, 3.05) is 19.8 Å². The second-order valence-electron chi connectivity index (χ2n) is 6.91. The topological polar surface area (TPSA) is 93.7 Å². The predicted molar refractivity (Wildman–Crippen MR) is 110 cm³/mol. The van der Waals surface area contributed by atoms with Crippen molar-refractivity contribution in [2.45, 2.75) is 31.2 Å². The summed E-state index contributed by atoms with van der Waals surface area (Å²) in [5, 5.41) is 3.30. The molecule has 29 heavy (non-hydrogen) atoms. The Morgan fingerprint density at radius 3 is 2.52 bits per heavy atom. The molecule has 2 aromatic carbocycles. The van der Waals surface area contributed by atoms with Crippen molar-refractivity contribution in [2.24, 2.45) is 0 Å². The zero-order chi connectivity index (χ0) is 21.0. The zero-order valence-electron chi connectivity index (χ0n) is 16.2. The average Bonchev–Trinajstić information content (AvgIpc) is 2.67. The van der Waals surface area contributed by atoms with Gasteiger partial charge in [0, 0.05) is 18.2 Å². The molecule has 0 radical (unpaired) electrons. The van der Waals surface area contributed by atoms with Gasteiger partial charge in [0.2, 0.25) is 10.0 Å². The Morgan fingerprint density at radius 2 is 1.83 bits per heavy atom. The normalized spacial score (nSPS) is 13.4. The number of halogens is 1. The Kier molecular flexibility index (Phi) is 6.66. The van der Waals surface area contributed by atoms with Crippen molar-refractivity contribution in [1.29, 1.82) is 0 Å². The van der Waals surface area contributed by atoms with Crippen molar-refractivity contribution in [3.8, 4) is 11.5 Å². The van der Waals surface area contributed by atoms with Crippen molar-refractivity contribution in [3.05, 3.63) is 52.5 Å². The third-order valence-corrected chi connectivity index (χ3v) is 6.13. The van der Waals surface area contributed by atoms with Gasteiger partial charge in [0.1, 0.15) is 13.2 Å². The molecule has 0 fully saturated rings. The van der Waals surface area contributed by atoms with Crippen LogP contribution in [0.3, 0.4) is 0 Å². The number of fused-ring (bicyclic) bond motifs is 1. The molecular weight excluding hydrogens is 416 g/mol. The molecule has 156 valence electrons. The monoisotopic (exact) mass is 438 g/mol. The van der Waals surface area contributed by atoms with E-state index in [4.69, 9.17) is 21.1 Å². The Labute approximate surface area is 175 Å². The van der Waals surface area contributed by atoms with Crippen LogP contribution >= 0.6 is 11.6 Å². The van der Waals surface area contributed by atoms with Crippen LogP contribution in [0.1, 0.15) is 29.8 Å². The first-order valence-corrected chi connectivity index (χ1v) is 11.1. The van der Waals surface area contributed by atoms with Crippen LogP contribution in [0, 0.1) is 0 Å². The summed E-state index contributed by atoms with van der Waals surface area (Å²) in [5.74, 6) is 0.874. The van der Waals surface area contributed by atoms with Crippen LogP contribution < -0.4 is 19.5 Å². The number of benzene rings is 2. The highest BCUT2D eigenvalue weighted by Gasteiger charge is 2.18. The summed E-state index contributed by atoms with van der Waals surface area (Å²) in [6, 6.07) is 9.25. The van der Waals surface area contributed by atoms with Crippen LogP contribution in [0.5, 0.6) is 11.5 Å². The number of carbonyl (C=O) groups is 1. The van der Waals surface area contributed by atoms with Gasteiger partial charge in [0.05, 0.1) is 9.92 Å². The van der Waals surface area contributed by atoms with Gasteiger partial charge in [-0.1, -0.05) is 11.6 Å². The lowest BCUT2D eigenvalue weighted by Crippen LogP contribution is -2.30. The molecule has 0 aliphatic carbocycles. The maximum Gasteiger partial charge on any atom is 0.251 e. The fourth-order valence-electron chi connectivity index (χ4n) is 2.89. The lowest BCUT2D eigenvalue weighted by atomic mass is 10.1. The van der Waals surface area contributed by atoms with Crippen LogP contribution in [0.4, 0.5) is 0 Å². The molecule has 2 aromatic rings. The summed E-state index contributed by atoms with van der Waals surface area (Å²) >= 11 is 6.22. The summed E-state index contributed by atoms with van der Waals surface area (Å²) < 4.78 is 37.8. The quantitative estimate of drug-likeness (QED) is 0.693. The second-order valence-corrected chi connectivity index (χ2v) is 9.03. The van der Waals surface area contributed by atoms with E-state index in [0.29, 0.717) is 48.3 Å². The van der Waals surface area contributed by atoms with Gasteiger partial charge in [-0.25, -0.2) is 13.1 Å². The molecule has 0 aromatic heterocycles. The van der Waals surface area contributed by atoms with Gasteiger partial charge < -0.3 is 14.8 Å². The van der Waals surface area contributed by atoms with E-state index in [1.807, 2.05) is 6.07 Å². The molecule has 1 heterocycles. The van der Waals surface area contributed by atoms with E-state index < -0.39 is 10.0 Å². The smallest absolute Gasteiger partial charge is 0.251 e. The van der Waals surface area contributed by atoms with Crippen molar-refractivity contribution >= 4 is 27.5 Å². The zero-order valence-corrected chi connectivity index (χ0v) is 17.8.